The molecule has 3 nitrogen and oxygen atoms in total. The molecule has 0 aliphatic heterocycles. The van der Waals surface area contributed by atoms with E-state index in [1.54, 1.807) is 0 Å². The molecule has 0 saturated heterocycles. The van der Waals surface area contributed by atoms with Crippen LogP contribution in [0, 0.1) is 13.8 Å². The van der Waals surface area contributed by atoms with Crippen LogP contribution in [-0.2, 0) is 10.8 Å². The van der Waals surface area contributed by atoms with Crippen molar-refractivity contribution in [2.75, 3.05) is 0 Å². The SMILES string of the molecule is CCCCC(C)(C)c1nnc(-c2cccc(-c3ccc(C(C)(C)C)cc3)c2)n1-c1ccc(C)cc1C. The van der Waals surface area contributed by atoms with Crippen LogP contribution in [0.3, 0.4) is 0 Å². The summed E-state index contributed by atoms with van der Waals surface area (Å²) >= 11 is 0. The minimum atomic E-state index is -0.0843. The molecule has 4 rings (SSSR count). The molecule has 0 atom stereocenters. The maximum Gasteiger partial charge on any atom is 0.168 e. The summed E-state index contributed by atoms with van der Waals surface area (Å²) in [6, 6.07) is 24.3. The van der Waals surface area contributed by atoms with E-state index in [2.05, 4.69) is 127 Å². The lowest BCUT2D eigenvalue weighted by Gasteiger charge is -2.25. The predicted molar refractivity (Wildman–Crippen MR) is 153 cm³/mol. The van der Waals surface area contributed by atoms with Crippen LogP contribution < -0.4 is 0 Å². The second kappa shape index (κ2) is 10.0. The van der Waals surface area contributed by atoms with Crippen LogP contribution in [0.2, 0.25) is 0 Å². The highest BCUT2D eigenvalue weighted by molar-refractivity contribution is 5.71. The molecule has 188 valence electrons. The Morgan fingerprint density at radius 3 is 2.08 bits per heavy atom. The van der Waals surface area contributed by atoms with Crippen molar-refractivity contribution in [2.45, 2.75) is 85.5 Å². The first-order valence-corrected chi connectivity index (χ1v) is 13.3. The van der Waals surface area contributed by atoms with E-state index < -0.39 is 0 Å². The Labute approximate surface area is 217 Å². The lowest BCUT2D eigenvalue weighted by molar-refractivity contribution is 0.425. The Bertz CT molecular complexity index is 1330. The van der Waals surface area contributed by atoms with Crippen molar-refractivity contribution in [3.05, 3.63) is 89.2 Å². The van der Waals surface area contributed by atoms with Crippen LogP contribution in [0.15, 0.2) is 66.7 Å². The molecule has 0 fully saturated rings. The van der Waals surface area contributed by atoms with E-state index in [0.29, 0.717) is 0 Å². The van der Waals surface area contributed by atoms with Crippen molar-refractivity contribution in [2.24, 2.45) is 0 Å². The van der Waals surface area contributed by atoms with Gasteiger partial charge in [-0.25, -0.2) is 0 Å². The van der Waals surface area contributed by atoms with Gasteiger partial charge >= 0.3 is 0 Å². The topological polar surface area (TPSA) is 30.7 Å². The molecule has 0 bridgehead atoms. The molecule has 0 N–H and O–H groups in total. The summed E-state index contributed by atoms with van der Waals surface area (Å²) in [5.41, 5.74) is 8.54. The van der Waals surface area contributed by atoms with Gasteiger partial charge in [-0.15, -0.1) is 10.2 Å². The van der Waals surface area contributed by atoms with E-state index in [1.165, 1.54) is 40.7 Å². The molecular formula is C33H41N3. The van der Waals surface area contributed by atoms with Gasteiger partial charge in [-0.3, -0.25) is 4.57 Å². The van der Waals surface area contributed by atoms with E-state index in [9.17, 15) is 0 Å². The molecule has 4 aromatic rings. The largest absolute Gasteiger partial charge is 0.278 e. The quantitative estimate of drug-likeness (QED) is 0.265. The summed E-state index contributed by atoms with van der Waals surface area (Å²) in [6.07, 6.45) is 3.42. The van der Waals surface area contributed by atoms with E-state index in [0.717, 1.165) is 29.3 Å². The van der Waals surface area contributed by atoms with Crippen molar-refractivity contribution in [3.63, 3.8) is 0 Å². The van der Waals surface area contributed by atoms with Gasteiger partial charge in [-0.05, 0) is 60.1 Å². The molecule has 0 radical (unpaired) electrons. The van der Waals surface area contributed by atoms with Crippen molar-refractivity contribution in [1.29, 1.82) is 0 Å². The number of hydrogen-bond donors (Lipinski definition) is 0. The van der Waals surface area contributed by atoms with Crippen molar-refractivity contribution < 1.29 is 0 Å². The number of benzene rings is 3. The van der Waals surface area contributed by atoms with Gasteiger partial charge in [0.05, 0.1) is 5.69 Å². The molecule has 0 amide bonds. The van der Waals surface area contributed by atoms with Crippen LogP contribution in [0.5, 0.6) is 0 Å². The van der Waals surface area contributed by atoms with Crippen molar-refractivity contribution in [1.82, 2.24) is 14.8 Å². The fourth-order valence-electron chi connectivity index (χ4n) is 4.92. The molecular weight excluding hydrogens is 438 g/mol. The van der Waals surface area contributed by atoms with Gasteiger partial charge in [0.2, 0.25) is 0 Å². The first kappa shape index (κ1) is 25.9. The van der Waals surface area contributed by atoms with Gasteiger partial charge in [0.1, 0.15) is 5.82 Å². The third-order valence-corrected chi connectivity index (χ3v) is 7.22. The second-order valence-corrected chi connectivity index (χ2v) is 11.9. The van der Waals surface area contributed by atoms with Crippen LogP contribution in [-0.4, -0.2) is 14.8 Å². The average molecular weight is 480 g/mol. The van der Waals surface area contributed by atoms with Gasteiger partial charge in [0.15, 0.2) is 5.82 Å². The minimum absolute atomic E-state index is 0.0843. The van der Waals surface area contributed by atoms with Crippen LogP contribution in [0.1, 0.15) is 83.3 Å². The van der Waals surface area contributed by atoms with Crippen LogP contribution in [0.4, 0.5) is 0 Å². The molecule has 3 heteroatoms. The summed E-state index contributed by atoms with van der Waals surface area (Å²) in [5, 5.41) is 9.61. The predicted octanol–water partition coefficient (Wildman–Crippen LogP) is 8.98. The first-order valence-electron chi connectivity index (χ1n) is 13.3. The number of rotatable bonds is 7. The molecule has 3 aromatic carbocycles. The summed E-state index contributed by atoms with van der Waals surface area (Å²) < 4.78 is 2.30. The number of nitrogens with zero attached hydrogens (tertiary/aromatic N) is 3. The maximum absolute atomic E-state index is 4.81. The molecule has 0 aliphatic rings. The molecule has 36 heavy (non-hydrogen) atoms. The van der Waals surface area contributed by atoms with Crippen molar-refractivity contribution >= 4 is 0 Å². The third kappa shape index (κ3) is 5.31. The Balaban J connectivity index is 1.84. The standard InChI is InChI=1S/C33H41N3/c1-9-10-20-33(7,8)31-35-34-30(36(31)29-19-14-23(2)21-24(29)3)27-13-11-12-26(22-27)25-15-17-28(18-16-25)32(4,5)6/h11-19,21-22H,9-10,20H2,1-8H3. The molecule has 1 heterocycles. The van der Waals surface area contributed by atoms with E-state index in [1.807, 2.05) is 0 Å². The second-order valence-electron chi connectivity index (χ2n) is 11.9. The number of unbranched alkanes of at least 4 members (excludes halogenated alkanes) is 1. The Morgan fingerprint density at radius 2 is 1.44 bits per heavy atom. The Morgan fingerprint density at radius 1 is 0.750 bits per heavy atom. The summed E-state index contributed by atoms with van der Waals surface area (Å²) in [6.45, 7) is 17.9. The molecule has 0 aliphatic carbocycles. The van der Waals surface area contributed by atoms with Gasteiger partial charge < -0.3 is 0 Å². The third-order valence-electron chi connectivity index (χ3n) is 7.22. The average Bonchev–Trinajstić information content (AvgIpc) is 3.28. The highest BCUT2D eigenvalue weighted by atomic mass is 15.3. The normalized spacial score (nSPS) is 12.2. The number of aromatic nitrogens is 3. The zero-order valence-electron chi connectivity index (χ0n) is 23.3. The molecule has 0 unspecified atom stereocenters. The highest BCUT2D eigenvalue weighted by Gasteiger charge is 2.30. The van der Waals surface area contributed by atoms with E-state index in [-0.39, 0.29) is 10.8 Å². The molecule has 0 saturated carbocycles. The Kier molecular flexibility index (Phi) is 7.22. The van der Waals surface area contributed by atoms with Crippen LogP contribution in [0.25, 0.3) is 28.2 Å². The smallest absolute Gasteiger partial charge is 0.168 e. The van der Waals surface area contributed by atoms with Gasteiger partial charge in [-0.1, -0.05) is 115 Å². The summed E-state index contributed by atoms with van der Waals surface area (Å²) in [5.74, 6) is 1.92. The van der Waals surface area contributed by atoms with Crippen molar-refractivity contribution in [3.8, 4) is 28.2 Å². The fourth-order valence-corrected chi connectivity index (χ4v) is 4.92. The highest BCUT2D eigenvalue weighted by Crippen LogP contribution is 2.35. The Hall–Kier alpha value is -3.20. The lowest BCUT2D eigenvalue weighted by Crippen LogP contribution is -2.23. The summed E-state index contributed by atoms with van der Waals surface area (Å²) in [4.78, 5) is 0. The van der Waals surface area contributed by atoms with Crippen LogP contribution >= 0.6 is 0 Å². The fraction of sp³-hybridized carbons (Fsp3) is 0.394. The number of aryl methyl sites for hydroxylation is 2. The lowest BCUT2D eigenvalue weighted by atomic mass is 9.86. The molecule has 1 aromatic heterocycles. The maximum atomic E-state index is 4.81. The minimum Gasteiger partial charge on any atom is -0.278 e. The van der Waals surface area contributed by atoms with E-state index in [4.69, 9.17) is 10.2 Å². The first-order chi connectivity index (χ1) is 17.0. The summed E-state index contributed by atoms with van der Waals surface area (Å²) in [7, 11) is 0. The molecule has 0 spiro atoms. The van der Waals surface area contributed by atoms with E-state index >= 15 is 0 Å². The zero-order chi connectivity index (χ0) is 26.1. The van der Waals surface area contributed by atoms with Gasteiger partial charge in [-0.2, -0.15) is 0 Å². The number of hydrogen-bond acceptors (Lipinski definition) is 2. The monoisotopic (exact) mass is 479 g/mol. The van der Waals surface area contributed by atoms with Gasteiger partial charge in [0.25, 0.3) is 0 Å². The van der Waals surface area contributed by atoms with Gasteiger partial charge in [0, 0.05) is 11.0 Å². The zero-order valence-corrected chi connectivity index (χ0v) is 23.3.